The lowest BCUT2D eigenvalue weighted by atomic mass is 9.90. The molecule has 3 rings (SSSR count). The summed E-state index contributed by atoms with van der Waals surface area (Å²) in [5, 5.41) is 13.7. The van der Waals surface area contributed by atoms with Crippen molar-refractivity contribution in [1.29, 1.82) is 0 Å². The molecule has 0 radical (unpaired) electrons. The minimum atomic E-state index is -0.412. The molecule has 1 fully saturated rings. The zero-order valence-electron chi connectivity index (χ0n) is 8.11. The zero-order valence-corrected chi connectivity index (χ0v) is 8.87. The van der Waals surface area contributed by atoms with Crippen molar-refractivity contribution in [3.8, 4) is 0 Å². The first kappa shape index (κ1) is 9.46. The second-order valence-corrected chi connectivity index (χ2v) is 4.54. The largest absolute Gasteiger partial charge is 0.389 e. The lowest BCUT2D eigenvalue weighted by Gasteiger charge is -2.40. The summed E-state index contributed by atoms with van der Waals surface area (Å²) >= 11 is 5.95. The van der Waals surface area contributed by atoms with E-state index < -0.39 is 6.10 Å². The predicted molar refractivity (Wildman–Crippen MR) is 58.2 cm³/mol. The second-order valence-electron chi connectivity index (χ2n) is 4.11. The number of nitrogens with one attached hydrogen (secondary N) is 1. The van der Waals surface area contributed by atoms with Gasteiger partial charge in [0.25, 0.3) is 0 Å². The van der Waals surface area contributed by atoms with Gasteiger partial charge in [-0.1, -0.05) is 11.6 Å². The number of hydrogen-bond donors (Lipinski definition) is 2. The minimum Gasteiger partial charge on any atom is -0.389 e. The van der Waals surface area contributed by atoms with Crippen molar-refractivity contribution in [2.24, 2.45) is 0 Å². The lowest BCUT2D eigenvalue weighted by Crippen LogP contribution is -2.45. The molecule has 80 valence electrons. The van der Waals surface area contributed by atoms with Crippen molar-refractivity contribution < 1.29 is 9.84 Å². The van der Waals surface area contributed by atoms with Crippen LogP contribution in [0.25, 0.3) is 0 Å². The molecule has 0 saturated carbocycles. The number of halogens is 1. The highest BCUT2D eigenvalue weighted by molar-refractivity contribution is 6.30. The minimum absolute atomic E-state index is 0.0772. The molecule has 0 amide bonds. The Kier molecular flexibility index (Phi) is 2.12. The van der Waals surface area contributed by atoms with E-state index in [2.05, 4.69) is 5.32 Å². The Hall–Kier alpha value is -0.770. The number of fused-ring (bicyclic) bond motifs is 4. The van der Waals surface area contributed by atoms with Crippen LogP contribution in [0.2, 0.25) is 5.02 Å². The molecule has 3 nitrogen and oxygen atoms in total. The molecule has 2 bridgehead atoms. The van der Waals surface area contributed by atoms with Gasteiger partial charge in [0.15, 0.2) is 0 Å². The van der Waals surface area contributed by atoms with E-state index in [1.165, 1.54) is 0 Å². The number of hydrogen-bond acceptors (Lipinski definition) is 3. The molecule has 0 spiro atoms. The molecule has 2 heterocycles. The van der Waals surface area contributed by atoms with Crippen molar-refractivity contribution in [3.05, 3.63) is 28.8 Å². The van der Waals surface area contributed by atoms with Crippen LogP contribution in [0.4, 0.5) is 5.69 Å². The summed E-state index contributed by atoms with van der Waals surface area (Å²) in [6.07, 6.45) is 0.479. The van der Waals surface area contributed by atoms with E-state index in [1.807, 2.05) is 18.2 Å². The van der Waals surface area contributed by atoms with Gasteiger partial charge in [0.2, 0.25) is 0 Å². The van der Waals surface area contributed by atoms with Gasteiger partial charge in [-0.2, -0.15) is 0 Å². The average molecular weight is 226 g/mol. The number of aliphatic hydroxyl groups excluding tert-OH is 1. The summed E-state index contributed by atoms with van der Waals surface area (Å²) < 4.78 is 5.59. The van der Waals surface area contributed by atoms with Crippen molar-refractivity contribution >= 4 is 17.3 Å². The van der Waals surface area contributed by atoms with Crippen molar-refractivity contribution in [2.75, 3.05) is 11.9 Å². The Morgan fingerprint density at radius 2 is 2.33 bits per heavy atom. The molecule has 2 aliphatic rings. The predicted octanol–water partition coefficient (Wildman–Crippen LogP) is 1.96. The zero-order chi connectivity index (χ0) is 10.4. The molecule has 0 aromatic heterocycles. The maximum atomic E-state index is 9.69. The normalized spacial score (nSPS) is 33.1. The summed E-state index contributed by atoms with van der Waals surface area (Å²) in [7, 11) is 0. The Morgan fingerprint density at radius 1 is 1.47 bits per heavy atom. The fourth-order valence-corrected chi connectivity index (χ4v) is 2.47. The standard InChI is InChI=1S/C11H12ClNO2/c12-6-1-2-8-7(3-6)11-4-9(13-8)10(14)5-15-11/h1-3,9-11,13-14H,4-5H2/t9-,10-,11-/m0/s1. The summed E-state index contributed by atoms with van der Waals surface area (Å²) in [6, 6.07) is 5.83. The van der Waals surface area contributed by atoms with Crippen molar-refractivity contribution in [2.45, 2.75) is 24.7 Å². The third-order valence-corrected chi connectivity index (χ3v) is 3.34. The van der Waals surface area contributed by atoms with E-state index in [-0.39, 0.29) is 12.1 Å². The maximum Gasteiger partial charge on any atom is 0.0975 e. The van der Waals surface area contributed by atoms with E-state index in [4.69, 9.17) is 16.3 Å². The molecule has 4 heteroatoms. The van der Waals surface area contributed by atoms with Crippen LogP contribution in [0.1, 0.15) is 18.1 Å². The van der Waals surface area contributed by atoms with Crippen LogP contribution >= 0.6 is 11.6 Å². The van der Waals surface area contributed by atoms with Gasteiger partial charge in [-0.05, 0) is 18.2 Å². The summed E-state index contributed by atoms with van der Waals surface area (Å²) in [5.74, 6) is 0. The van der Waals surface area contributed by atoms with Gasteiger partial charge in [0, 0.05) is 22.7 Å². The number of ether oxygens (including phenoxy) is 1. The van der Waals surface area contributed by atoms with Gasteiger partial charge in [0.1, 0.15) is 0 Å². The fourth-order valence-electron chi connectivity index (χ4n) is 2.29. The van der Waals surface area contributed by atoms with E-state index in [0.29, 0.717) is 6.61 Å². The third-order valence-electron chi connectivity index (χ3n) is 3.10. The number of benzene rings is 1. The molecule has 2 N–H and O–H groups in total. The Bertz CT molecular complexity index is 396. The molecule has 1 saturated heterocycles. The average Bonchev–Trinajstić information content (AvgIpc) is 2.24. The van der Waals surface area contributed by atoms with Crippen LogP contribution in [0.15, 0.2) is 18.2 Å². The highest BCUT2D eigenvalue weighted by Gasteiger charge is 2.36. The van der Waals surface area contributed by atoms with Crippen LogP contribution in [0.3, 0.4) is 0 Å². The molecule has 0 aliphatic carbocycles. The lowest BCUT2D eigenvalue weighted by molar-refractivity contribution is -0.0672. The summed E-state index contributed by atoms with van der Waals surface area (Å²) in [4.78, 5) is 0. The molecule has 1 aromatic rings. The van der Waals surface area contributed by atoms with Gasteiger partial charge >= 0.3 is 0 Å². The first-order valence-electron chi connectivity index (χ1n) is 5.10. The van der Waals surface area contributed by atoms with Crippen LogP contribution < -0.4 is 5.32 Å². The van der Waals surface area contributed by atoms with Crippen molar-refractivity contribution in [1.82, 2.24) is 0 Å². The summed E-state index contributed by atoms with van der Waals surface area (Å²) in [6.45, 7) is 0.397. The maximum absolute atomic E-state index is 9.69. The monoisotopic (exact) mass is 225 g/mol. The first-order valence-corrected chi connectivity index (χ1v) is 5.47. The molecular weight excluding hydrogens is 214 g/mol. The van der Waals surface area contributed by atoms with Crippen LogP contribution in [-0.4, -0.2) is 23.9 Å². The molecule has 0 unspecified atom stereocenters. The SMILES string of the molecule is O[C@H]1CO[C@H]2C[C@@H]1Nc1ccc(Cl)cc12. The van der Waals surface area contributed by atoms with E-state index in [9.17, 15) is 5.11 Å². The molecule has 15 heavy (non-hydrogen) atoms. The number of aliphatic hydroxyl groups is 1. The van der Waals surface area contributed by atoms with Crippen LogP contribution in [0, 0.1) is 0 Å². The first-order chi connectivity index (χ1) is 7.24. The van der Waals surface area contributed by atoms with E-state index >= 15 is 0 Å². The quantitative estimate of drug-likeness (QED) is 0.709. The molecular formula is C11H12ClNO2. The van der Waals surface area contributed by atoms with Gasteiger partial charge in [-0.15, -0.1) is 0 Å². The van der Waals surface area contributed by atoms with Gasteiger partial charge in [0.05, 0.1) is 24.9 Å². The molecule has 2 aliphatic heterocycles. The molecule has 1 aromatic carbocycles. The second kappa shape index (κ2) is 3.37. The van der Waals surface area contributed by atoms with Crippen LogP contribution in [0.5, 0.6) is 0 Å². The third kappa shape index (κ3) is 1.51. The van der Waals surface area contributed by atoms with E-state index in [0.717, 1.165) is 22.7 Å². The van der Waals surface area contributed by atoms with Gasteiger partial charge in [-0.25, -0.2) is 0 Å². The highest BCUT2D eigenvalue weighted by atomic mass is 35.5. The topological polar surface area (TPSA) is 41.5 Å². The number of rotatable bonds is 0. The Balaban J connectivity index is 2.03. The Labute approximate surface area is 93.0 Å². The highest BCUT2D eigenvalue weighted by Crippen LogP contribution is 2.39. The van der Waals surface area contributed by atoms with Crippen LogP contribution in [-0.2, 0) is 4.74 Å². The fraction of sp³-hybridized carbons (Fsp3) is 0.455. The number of anilines is 1. The van der Waals surface area contributed by atoms with E-state index in [1.54, 1.807) is 0 Å². The Morgan fingerprint density at radius 3 is 3.20 bits per heavy atom. The van der Waals surface area contributed by atoms with Crippen molar-refractivity contribution in [3.63, 3.8) is 0 Å². The van der Waals surface area contributed by atoms with Gasteiger partial charge < -0.3 is 15.2 Å². The van der Waals surface area contributed by atoms with Gasteiger partial charge in [-0.3, -0.25) is 0 Å². The summed E-state index contributed by atoms with van der Waals surface area (Å²) in [5.41, 5.74) is 2.13. The smallest absolute Gasteiger partial charge is 0.0975 e. The molecule has 3 atom stereocenters.